The molecular weight excluding hydrogens is 276 g/mol. The van der Waals surface area contributed by atoms with E-state index in [1.165, 1.54) is 52.1 Å². The molecular formula is C19H36O3. The molecule has 0 heterocycles. The van der Waals surface area contributed by atoms with Gasteiger partial charge in [-0.2, -0.15) is 0 Å². The largest absolute Gasteiger partial charge is 0.469 e. The van der Waals surface area contributed by atoms with Crippen molar-refractivity contribution >= 4 is 5.97 Å². The standard InChI is InChI=1S/C19H36O3/c1-3-4-12-15-18(20)16-13-10-8-6-5-7-9-11-14-17-19(21)22-2/h13,16,18,20H,3-12,14-15,17H2,1-2H3/b16-13+. The third kappa shape index (κ3) is 15.6. The Morgan fingerprint density at radius 2 is 1.64 bits per heavy atom. The van der Waals surface area contributed by atoms with Crippen molar-refractivity contribution in [3.63, 3.8) is 0 Å². The average Bonchev–Trinajstić information content (AvgIpc) is 2.52. The zero-order chi connectivity index (χ0) is 16.5. The predicted molar refractivity (Wildman–Crippen MR) is 92.9 cm³/mol. The van der Waals surface area contributed by atoms with Crippen molar-refractivity contribution in [1.82, 2.24) is 0 Å². The van der Waals surface area contributed by atoms with Gasteiger partial charge in [-0.25, -0.2) is 0 Å². The maximum absolute atomic E-state index is 10.9. The number of ether oxygens (including phenoxy) is 1. The van der Waals surface area contributed by atoms with Crippen LogP contribution in [0.4, 0.5) is 0 Å². The average molecular weight is 312 g/mol. The molecule has 0 aromatic carbocycles. The maximum Gasteiger partial charge on any atom is 0.305 e. The van der Waals surface area contributed by atoms with Crippen molar-refractivity contribution in [1.29, 1.82) is 0 Å². The van der Waals surface area contributed by atoms with Crippen molar-refractivity contribution in [2.75, 3.05) is 7.11 Å². The Labute approximate surface area is 137 Å². The molecule has 0 aliphatic heterocycles. The number of hydrogen-bond donors (Lipinski definition) is 1. The van der Waals surface area contributed by atoms with Crippen LogP contribution in [0.5, 0.6) is 0 Å². The molecule has 1 atom stereocenters. The van der Waals surface area contributed by atoms with Crippen molar-refractivity contribution in [3.8, 4) is 0 Å². The van der Waals surface area contributed by atoms with Crippen LogP contribution in [-0.2, 0) is 9.53 Å². The second-order valence-electron chi connectivity index (χ2n) is 6.08. The third-order valence-electron chi connectivity index (χ3n) is 3.94. The lowest BCUT2D eigenvalue weighted by atomic mass is 10.1. The SMILES string of the molecule is CCCCCC(O)/C=C/CCCCCCCCCC(=O)OC. The topological polar surface area (TPSA) is 46.5 Å². The Hall–Kier alpha value is -0.830. The van der Waals surface area contributed by atoms with Gasteiger partial charge < -0.3 is 9.84 Å². The molecule has 0 radical (unpaired) electrons. The smallest absolute Gasteiger partial charge is 0.305 e. The zero-order valence-electron chi connectivity index (χ0n) is 14.7. The summed E-state index contributed by atoms with van der Waals surface area (Å²) in [5, 5.41) is 9.74. The first kappa shape index (κ1) is 21.2. The van der Waals surface area contributed by atoms with E-state index >= 15 is 0 Å². The van der Waals surface area contributed by atoms with Crippen molar-refractivity contribution in [2.45, 2.75) is 96.5 Å². The number of rotatable bonds is 15. The molecule has 3 heteroatoms. The second kappa shape index (κ2) is 16.5. The number of aliphatic hydroxyl groups is 1. The van der Waals surface area contributed by atoms with Gasteiger partial charge in [0, 0.05) is 6.42 Å². The monoisotopic (exact) mass is 312 g/mol. The van der Waals surface area contributed by atoms with Crippen LogP contribution < -0.4 is 0 Å². The molecule has 0 saturated carbocycles. The highest BCUT2D eigenvalue weighted by Crippen LogP contribution is 2.11. The van der Waals surface area contributed by atoms with Crippen molar-refractivity contribution in [3.05, 3.63) is 12.2 Å². The Bertz CT molecular complexity index is 274. The molecule has 0 aromatic heterocycles. The van der Waals surface area contributed by atoms with Crippen LogP contribution in [0.3, 0.4) is 0 Å². The lowest BCUT2D eigenvalue weighted by Crippen LogP contribution is -2.01. The molecule has 3 nitrogen and oxygen atoms in total. The highest BCUT2D eigenvalue weighted by molar-refractivity contribution is 5.68. The van der Waals surface area contributed by atoms with E-state index in [-0.39, 0.29) is 12.1 Å². The van der Waals surface area contributed by atoms with E-state index in [1.54, 1.807) is 0 Å². The van der Waals surface area contributed by atoms with Crippen molar-refractivity contribution < 1.29 is 14.6 Å². The zero-order valence-corrected chi connectivity index (χ0v) is 14.7. The highest BCUT2D eigenvalue weighted by atomic mass is 16.5. The van der Waals surface area contributed by atoms with E-state index in [9.17, 15) is 9.90 Å². The summed E-state index contributed by atoms with van der Waals surface area (Å²) >= 11 is 0. The molecule has 1 N–H and O–H groups in total. The highest BCUT2D eigenvalue weighted by Gasteiger charge is 1.99. The Kier molecular flexibility index (Phi) is 15.9. The Balaban J connectivity index is 3.24. The van der Waals surface area contributed by atoms with E-state index in [1.807, 2.05) is 6.08 Å². The van der Waals surface area contributed by atoms with Gasteiger partial charge in [0.25, 0.3) is 0 Å². The van der Waals surface area contributed by atoms with Crippen LogP contribution in [-0.4, -0.2) is 24.3 Å². The molecule has 130 valence electrons. The van der Waals surface area contributed by atoms with Crippen LogP contribution in [0.15, 0.2) is 12.2 Å². The van der Waals surface area contributed by atoms with Gasteiger partial charge in [0.15, 0.2) is 0 Å². The number of unbranched alkanes of at least 4 members (excludes halogenated alkanes) is 9. The summed E-state index contributed by atoms with van der Waals surface area (Å²) in [5.41, 5.74) is 0. The van der Waals surface area contributed by atoms with Gasteiger partial charge in [-0.1, -0.05) is 70.4 Å². The predicted octanol–water partition coefficient (Wildman–Crippen LogP) is 5.17. The first-order valence-corrected chi connectivity index (χ1v) is 9.12. The molecule has 1 unspecified atom stereocenters. The number of methoxy groups -OCH3 is 1. The van der Waals surface area contributed by atoms with Gasteiger partial charge in [-0.3, -0.25) is 4.79 Å². The minimum absolute atomic E-state index is 0.0938. The third-order valence-corrected chi connectivity index (χ3v) is 3.94. The first-order valence-electron chi connectivity index (χ1n) is 9.12. The summed E-state index contributed by atoms with van der Waals surface area (Å²) in [6.07, 6.45) is 18.2. The number of aliphatic hydroxyl groups excluding tert-OH is 1. The van der Waals surface area contributed by atoms with Gasteiger partial charge >= 0.3 is 5.97 Å². The number of esters is 1. The fraction of sp³-hybridized carbons (Fsp3) is 0.842. The molecule has 0 bridgehead atoms. The minimum Gasteiger partial charge on any atom is -0.469 e. The maximum atomic E-state index is 10.9. The number of carbonyl (C=O) groups is 1. The van der Waals surface area contributed by atoms with E-state index in [2.05, 4.69) is 17.7 Å². The molecule has 0 amide bonds. The van der Waals surface area contributed by atoms with Crippen LogP contribution in [0.25, 0.3) is 0 Å². The fourth-order valence-corrected chi connectivity index (χ4v) is 2.47. The van der Waals surface area contributed by atoms with E-state index in [4.69, 9.17) is 0 Å². The quantitative estimate of drug-likeness (QED) is 0.258. The summed E-state index contributed by atoms with van der Waals surface area (Å²) in [6.45, 7) is 2.18. The van der Waals surface area contributed by atoms with Gasteiger partial charge in [0.2, 0.25) is 0 Å². The Morgan fingerprint density at radius 1 is 1.00 bits per heavy atom. The summed E-state index contributed by atoms with van der Waals surface area (Å²) in [4.78, 5) is 10.9. The lowest BCUT2D eigenvalue weighted by molar-refractivity contribution is -0.140. The number of carbonyl (C=O) groups excluding carboxylic acids is 1. The second-order valence-corrected chi connectivity index (χ2v) is 6.08. The Morgan fingerprint density at radius 3 is 2.27 bits per heavy atom. The van der Waals surface area contributed by atoms with E-state index < -0.39 is 0 Å². The van der Waals surface area contributed by atoms with Crippen LogP contribution >= 0.6 is 0 Å². The number of allylic oxidation sites excluding steroid dienone is 1. The van der Waals surface area contributed by atoms with Gasteiger partial charge in [0.05, 0.1) is 13.2 Å². The van der Waals surface area contributed by atoms with E-state index in [0.29, 0.717) is 6.42 Å². The van der Waals surface area contributed by atoms with Gasteiger partial charge in [-0.15, -0.1) is 0 Å². The normalized spacial score (nSPS) is 12.7. The molecule has 0 rings (SSSR count). The summed E-state index contributed by atoms with van der Waals surface area (Å²) in [6, 6.07) is 0. The molecule has 0 spiro atoms. The lowest BCUT2D eigenvalue weighted by Gasteiger charge is -2.04. The van der Waals surface area contributed by atoms with E-state index in [0.717, 1.165) is 32.1 Å². The molecule has 0 aliphatic rings. The fourth-order valence-electron chi connectivity index (χ4n) is 2.47. The number of hydrogen-bond acceptors (Lipinski definition) is 3. The molecule has 0 aromatic rings. The first-order chi connectivity index (χ1) is 10.7. The summed E-state index contributed by atoms with van der Waals surface area (Å²) in [5.74, 6) is -0.0938. The van der Waals surface area contributed by atoms with Crippen molar-refractivity contribution in [2.24, 2.45) is 0 Å². The molecule has 0 saturated heterocycles. The minimum atomic E-state index is -0.249. The van der Waals surface area contributed by atoms with Crippen LogP contribution in [0, 0.1) is 0 Å². The van der Waals surface area contributed by atoms with Crippen LogP contribution in [0.1, 0.15) is 90.4 Å². The van der Waals surface area contributed by atoms with Gasteiger partial charge in [0.1, 0.15) is 0 Å². The molecule has 0 aliphatic carbocycles. The summed E-state index contributed by atoms with van der Waals surface area (Å²) < 4.78 is 4.61. The molecule has 0 fully saturated rings. The van der Waals surface area contributed by atoms with Crippen LogP contribution in [0.2, 0.25) is 0 Å². The van der Waals surface area contributed by atoms with Gasteiger partial charge in [-0.05, 0) is 25.7 Å². The summed E-state index contributed by atoms with van der Waals surface area (Å²) in [7, 11) is 1.45. The molecule has 22 heavy (non-hydrogen) atoms.